The van der Waals surface area contributed by atoms with Crippen molar-refractivity contribution >= 4 is 5.97 Å². The van der Waals surface area contributed by atoms with E-state index in [2.05, 4.69) is 39.0 Å². The van der Waals surface area contributed by atoms with Gasteiger partial charge in [-0.25, -0.2) is 4.79 Å². The van der Waals surface area contributed by atoms with Crippen LogP contribution in [0.4, 0.5) is 0 Å². The van der Waals surface area contributed by atoms with Gasteiger partial charge in [-0.15, -0.1) is 0 Å². The number of carbonyl (C=O) groups is 1. The molecule has 0 saturated heterocycles. The van der Waals surface area contributed by atoms with Crippen LogP contribution in [0.3, 0.4) is 0 Å². The summed E-state index contributed by atoms with van der Waals surface area (Å²) in [6, 6.07) is 15.7. The number of nitriles is 1. The van der Waals surface area contributed by atoms with Crippen LogP contribution in [0.25, 0.3) is 0 Å². The summed E-state index contributed by atoms with van der Waals surface area (Å²) < 4.78 is 5.62. The van der Waals surface area contributed by atoms with E-state index < -0.39 is 5.97 Å². The molecule has 37 heavy (non-hydrogen) atoms. The molecule has 200 valence electrons. The van der Waals surface area contributed by atoms with Gasteiger partial charge in [0.15, 0.2) is 0 Å². The Morgan fingerprint density at radius 3 is 2.27 bits per heavy atom. The summed E-state index contributed by atoms with van der Waals surface area (Å²) in [6.07, 6.45) is 18.3. The fourth-order valence-corrected chi connectivity index (χ4v) is 5.65. The van der Waals surface area contributed by atoms with Crippen molar-refractivity contribution in [1.29, 1.82) is 5.26 Å². The van der Waals surface area contributed by atoms with Crippen LogP contribution in [-0.2, 0) is 6.42 Å². The Balaban J connectivity index is 1.45. The lowest BCUT2D eigenvalue weighted by atomic mass is 9.77. The van der Waals surface area contributed by atoms with Crippen molar-refractivity contribution < 1.29 is 9.53 Å². The molecule has 0 spiro atoms. The quantitative estimate of drug-likeness (QED) is 0.147. The summed E-state index contributed by atoms with van der Waals surface area (Å²) in [5.74, 6) is 1.98. The normalized spacial score (nSPS) is 18.2. The van der Waals surface area contributed by atoms with Gasteiger partial charge in [0.1, 0.15) is 11.8 Å². The van der Waals surface area contributed by atoms with E-state index in [1.54, 1.807) is 6.07 Å². The van der Waals surface area contributed by atoms with Crippen LogP contribution < -0.4 is 4.74 Å². The van der Waals surface area contributed by atoms with Gasteiger partial charge < -0.3 is 4.74 Å². The van der Waals surface area contributed by atoms with Crippen molar-refractivity contribution in [3.8, 4) is 11.8 Å². The fraction of sp³-hybridized carbons (Fsp3) is 0.588. The third-order valence-electron chi connectivity index (χ3n) is 8.33. The van der Waals surface area contributed by atoms with Crippen molar-refractivity contribution in [3.63, 3.8) is 0 Å². The zero-order valence-electron chi connectivity index (χ0n) is 23.4. The average molecular weight is 502 g/mol. The lowest BCUT2D eigenvalue weighted by Gasteiger charge is -2.29. The Morgan fingerprint density at radius 1 is 0.946 bits per heavy atom. The molecule has 0 N–H and O–H groups in total. The van der Waals surface area contributed by atoms with E-state index in [-0.39, 0.29) is 0 Å². The first-order chi connectivity index (χ1) is 18.0. The second kappa shape index (κ2) is 15.6. The maximum absolute atomic E-state index is 12.8. The van der Waals surface area contributed by atoms with Crippen LogP contribution in [0.5, 0.6) is 5.75 Å². The van der Waals surface area contributed by atoms with Crippen molar-refractivity contribution in [2.24, 2.45) is 11.8 Å². The molecular weight excluding hydrogens is 454 g/mol. The van der Waals surface area contributed by atoms with Gasteiger partial charge in [-0.1, -0.05) is 96.8 Å². The van der Waals surface area contributed by atoms with Crippen LogP contribution in [-0.4, -0.2) is 5.97 Å². The molecule has 1 saturated carbocycles. The standard InChI is InChI=1S/C34H47NO2/c1-4-6-7-8-9-10-11-12-27-13-16-29(17-14-27)30-18-20-31(21-19-30)34(36)37-33-22-15-28(23-26(3)5-2)24-32(33)25-35/h15,18-22,24,26-27,29H,4-14,16-17,23H2,1-3H3. The fourth-order valence-electron chi connectivity index (χ4n) is 5.65. The van der Waals surface area contributed by atoms with Crippen molar-refractivity contribution in [3.05, 3.63) is 64.7 Å². The Labute approximate surface area is 225 Å². The lowest BCUT2D eigenvalue weighted by Crippen LogP contribution is -2.14. The molecule has 3 nitrogen and oxygen atoms in total. The van der Waals surface area contributed by atoms with Crippen LogP contribution in [0.15, 0.2) is 42.5 Å². The van der Waals surface area contributed by atoms with E-state index in [0.29, 0.717) is 28.7 Å². The van der Waals surface area contributed by atoms with Gasteiger partial charge >= 0.3 is 5.97 Å². The number of hydrogen-bond donors (Lipinski definition) is 0. The smallest absolute Gasteiger partial charge is 0.343 e. The molecule has 1 unspecified atom stereocenters. The Kier molecular flexibility index (Phi) is 12.2. The lowest BCUT2D eigenvalue weighted by molar-refractivity contribution is 0.0734. The SMILES string of the molecule is CCCCCCCCCC1CCC(c2ccc(C(=O)Oc3ccc(CC(C)CC)cc3C#N)cc2)CC1. The molecule has 0 aromatic heterocycles. The number of hydrogen-bond acceptors (Lipinski definition) is 3. The minimum atomic E-state index is -0.406. The molecule has 0 bridgehead atoms. The van der Waals surface area contributed by atoms with E-state index in [1.165, 1.54) is 82.6 Å². The predicted molar refractivity (Wildman–Crippen MR) is 153 cm³/mol. The molecule has 3 heteroatoms. The molecule has 0 heterocycles. The van der Waals surface area contributed by atoms with Crippen LogP contribution in [0.2, 0.25) is 0 Å². The van der Waals surface area contributed by atoms with Gasteiger partial charge in [0.2, 0.25) is 0 Å². The zero-order chi connectivity index (χ0) is 26.5. The van der Waals surface area contributed by atoms with E-state index in [0.717, 1.165) is 24.3 Å². The van der Waals surface area contributed by atoms with Gasteiger partial charge in [-0.3, -0.25) is 0 Å². The molecule has 0 radical (unpaired) electrons. The summed E-state index contributed by atoms with van der Waals surface area (Å²) >= 11 is 0. The summed E-state index contributed by atoms with van der Waals surface area (Å²) in [5.41, 5.74) is 3.38. The minimum Gasteiger partial charge on any atom is -0.422 e. The van der Waals surface area contributed by atoms with E-state index in [9.17, 15) is 10.1 Å². The minimum absolute atomic E-state index is 0.337. The van der Waals surface area contributed by atoms with Gasteiger partial charge in [0, 0.05) is 0 Å². The van der Waals surface area contributed by atoms with Gasteiger partial charge in [-0.05, 0) is 85.3 Å². The first kappa shape index (κ1) is 29.0. The Bertz CT molecular complexity index is 995. The highest BCUT2D eigenvalue weighted by molar-refractivity contribution is 5.91. The Morgan fingerprint density at radius 2 is 1.62 bits per heavy atom. The Hall–Kier alpha value is -2.60. The predicted octanol–water partition coefficient (Wildman–Crippen LogP) is 9.78. The summed E-state index contributed by atoms with van der Waals surface area (Å²) in [4.78, 5) is 12.8. The molecule has 2 aromatic carbocycles. The molecule has 1 aliphatic carbocycles. The number of carbonyl (C=O) groups excluding carboxylic acids is 1. The molecule has 0 amide bonds. The van der Waals surface area contributed by atoms with Crippen molar-refractivity contribution in [2.75, 3.05) is 0 Å². The largest absolute Gasteiger partial charge is 0.422 e. The molecule has 1 atom stereocenters. The number of nitrogens with zero attached hydrogens (tertiary/aromatic N) is 1. The first-order valence-electron chi connectivity index (χ1n) is 14.9. The van der Waals surface area contributed by atoms with Crippen LogP contribution in [0.1, 0.15) is 137 Å². The van der Waals surface area contributed by atoms with Crippen LogP contribution >= 0.6 is 0 Å². The summed E-state index contributed by atoms with van der Waals surface area (Å²) in [5, 5.41) is 9.58. The topological polar surface area (TPSA) is 50.1 Å². The van der Waals surface area contributed by atoms with Crippen molar-refractivity contribution in [2.45, 2.75) is 117 Å². The number of rotatable bonds is 14. The van der Waals surface area contributed by atoms with Gasteiger partial charge in [0.05, 0.1) is 11.1 Å². The van der Waals surface area contributed by atoms with Crippen LogP contribution in [0, 0.1) is 23.2 Å². The maximum atomic E-state index is 12.8. The number of ether oxygens (including phenoxy) is 1. The van der Waals surface area contributed by atoms with E-state index in [1.807, 2.05) is 24.3 Å². The maximum Gasteiger partial charge on any atom is 0.343 e. The highest BCUT2D eigenvalue weighted by Gasteiger charge is 2.22. The zero-order valence-corrected chi connectivity index (χ0v) is 23.4. The number of benzene rings is 2. The third kappa shape index (κ3) is 9.33. The number of esters is 1. The molecule has 2 aromatic rings. The summed E-state index contributed by atoms with van der Waals surface area (Å²) in [7, 11) is 0. The average Bonchev–Trinajstić information content (AvgIpc) is 2.93. The van der Waals surface area contributed by atoms with Gasteiger partial charge in [-0.2, -0.15) is 5.26 Å². The second-order valence-corrected chi connectivity index (χ2v) is 11.3. The van der Waals surface area contributed by atoms with Crippen molar-refractivity contribution in [1.82, 2.24) is 0 Å². The highest BCUT2D eigenvalue weighted by Crippen LogP contribution is 2.38. The second-order valence-electron chi connectivity index (χ2n) is 11.3. The molecule has 3 rings (SSSR count). The molecule has 1 aliphatic rings. The van der Waals surface area contributed by atoms with Gasteiger partial charge in [0.25, 0.3) is 0 Å². The first-order valence-corrected chi connectivity index (χ1v) is 14.9. The summed E-state index contributed by atoms with van der Waals surface area (Å²) in [6.45, 7) is 6.65. The molecular formula is C34H47NO2. The monoisotopic (exact) mass is 501 g/mol. The van der Waals surface area contributed by atoms with E-state index >= 15 is 0 Å². The van der Waals surface area contributed by atoms with E-state index in [4.69, 9.17) is 4.74 Å². The third-order valence-corrected chi connectivity index (χ3v) is 8.33. The number of unbranched alkanes of at least 4 members (excludes halogenated alkanes) is 6. The molecule has 0 aliphatic heterocycles. The highest BCUT2D eigenvalue weighted by atomic mass is 16.5. The molecule has 1 fully saturated rings.